The van der Waals surface area contributed by atoms with Gasteiger partial charge in [-0.3, -0.25) is 4.79 Å². The van der Waals surface area contributed by atoms with Gasteiger partial charge in [-0.05, 0) is 12.1 Å². The van der Waals surface area contributed by atoms with Crippen molar-refractivity contribution >= 4 is 11.6 Å². The Balaban J connectivity index is 2.51. The van der Waals surface area contributed by atoms with Crippen molar-refractivity contribution in [2.45, 2.75) is 12.6 Å². The highest BCUT2D eigenvalue weighted by atomic mass is 19.4. The van der Waals surface area contributed by atoms with Crippen LogP contribution in [0.3, 0.4) is 0 Å². The quantitative estimate of drug-likeness (QED) is 0.744. The summed E-state index contributed by atoms with van der Waals surface area (Å²) in [6, 6.07) is 3.54. The van der Waals surface area contributed by atoms with Gasteiger partial charge < -0.3 is 10.1 Å². The van der Waals surface area contributed by atoms with Crippen molar-refractivity contribution in [1.82, 2.24) is 0 Å². The number of anilines is 1. The first-order valence-corrected chi connectivity index (χ1v) is 4.61. The summed E-state index contributed by atoms with van der Waals surface area (Å²) in [5.41, 5.74) is -0.801. The van der Waals surface area contributed by atoms with Gasteiger partial charge in [-0.2, -0.15) is 13.2 Å². The van der Waals surface area contributed by atoms with E-state index in [0.717, 1.165) is 6.07 Å². The van der Waals surface area contributed by atoms with Crippen LogP contribution in [0, 0.1) is 0 Å². The molecule has 3 nitrogen and oxygen atoms in total. The number of alkyl halides is 3. The first kappa shape index (κ1) is 10.8. The number of nitrogens with one attached hydrogen (secondary N) is 1. The molecule has 1 aliphatic heterocycles. The van der Waals surface area contributed by atoms with Crippen LogP contribution in [-0.4, -0.2) is 12.5 Å². The second-order valence-electron chi connectivity index (χ2n) is 3.33. The molecule has 86 valence electrons. The lowest BCUT2D eigenvalue weighted by atomic mass is 10.1. The van der Waals surface area contributed by atoms with Gasteiger partial charge in [0.25, 0.3) is 0 Å². The Kier molecular flexibility index (Phi) is 2.49. The number of hydrogen-bond acceptors (Lipinski definition) is 2. The molecule has 1 aliphatic rings. The van der Waals surface area contributed by atoms with Crippen molar-refractivity contribution in [3.05, 3.63) is 23.8 Å². The molecule has 1 heterocycles. The van der Waals surface area contributed by atoms with Gasteiger partial charge in [0.15, 0.2) is 5.75 Å². The van der Waals surface area contributed by atoms with Crippen molar-refractivity contribution in [3.63, 3.8) is 0 Å². The molecule has 0 saturated carbocycles. The second kappa shape index (κ2) is 3.70. The predicted molar refractivity (Wildman–Crippen MR) is 50.2 cm³/mol. The van der Waals surface area contributed by atoms with Crippen LogP contribution in [0.15, 0.2) is 18.2 Å². The number of para-hydroxylation sites is 1. The van der Waals surface area contributed by atoms with Gasteiger partial charge in [-0.15, -0.1) is 0 Å². The average Bonchev–Trinajstić information content (AvgIpc) is 2.35. The number of benzene rings is 1. The van der Waals surface area contributed by atoms with Gasteiger partial charge in [-0.25, -0.2) is 0 Å². The number of fused-ring (bicyclic) bond motifs is 1. The molecule has 0 aromatic heterocycles. The molecule has 0 aliphatic carbocycles. The first-order chi connectivity index (χ1) is 7.48. The number of rotatable bonds is 0. The third-order valence-corrected chi connectivity index (χ3v) is 2.17. The van der Waals surface area contributed by atoms with Gasteiger partial charge in [0.05, 0.1) is 24.3 Å². The monoisotopic (exact) mass is 231 g/mol. The highest BCUT2D eigenvalue weighted by Gasteiger charge is 2.36. The Morgan fingerprint density at radius 3 is 2.75 bits per heavy atom. The lowest BCUT2D eigenvalue weighted by Crippen LogP contribution is -2.10. The molecule has 0 fully saturated rings. The fraction of sp³-hybridized carbons (Fsp3) is 0.300. The van der Waals surface area contributed by atoms with Gasteiger partial charge in [0, 0.05) is 0 Å². The molecule has 0 bridgehead atoms. The number of hydrogen-bond donors (Lipinski definition) is 1. The molecule has 1 aromatic rings. The summed E-state index contributed by atoms with van der Waals surface area (Å²) in [5, 5.41) is 2.37. The Hall–Kier alpha value is -1.72. The fourth-order valence-electron chi connectivity index (χ4n) is 1.47. The summed E-state index contributed by atoms with van der Waals surface area (Å²) in [6.45, 7) is -0.0497. The Morgan fingerprint density at radius 1 is 1.31 bits per heavy atom. The van der Waals surface area contributed by atoms with Crippen LogP contribution in [0.2, 0.25) is 0 Å². The number of carbonyl (C=O) groups excluding carboxylic acids is 1. The zero-order valence-electron chi connectivity index (χ0n) is 8.10. The van der Waals surface area contributed by atoms with Crippen molar-refractivity contribution in [3.8, 4) is 5.75 Å². The minimum atomic E-state index is -4.49. The van der Waals surface area contributed by atoms with Gasteiger partial charge >= 0.3 is 6.18 Å². The van der Waals surface area contributed by atoms with Crippen molar-refractivity contribution < 1.29 is 22.7 Å². The van der Waals surface area contributed by atoms with Gasteiger partial charge in [0.2, 0.25) is 5.91 Å². The predicted octanol–water partition coefficient (Wildman–Crippen LogP) is 2.43. The van der Waals surface area contributed by atoms with Crippen molar-refractivity contribution in [2.24, 2.45) is 0 Å². The Bertz CT molecular complexity index is 429. The lowest BCUT2D eigenvalue weighted by Gasteiger charge is -2.14. The van der Waals surface area contributed by atoms with E-state index < -0.39 is 11.7 Å². The van der Waals surface area contributed by atoms with E-state index >= 15 is 0 Å². The lowest BCUT2D eigenvalue weighted by molar-refractivity contribution is -0.138. The maximum atomic E-state index is 12.6. The standard InChI is InChI=1S/C10H8F3NO2/c11-10(12,13)6-2-1-3-7-9(6)16-5-4-8(15)14-7/h1-3H,4-5H2,(H,14,15). The minimum absolute atomic E-state index is 0.0476. The molecule has 1 amide bonds. The normalized spacial score (nSPS) is 15.8. The Labute approximate surface area is 89.2 Å². The van der Waals surface area contributed by atoms with E-state index in [9.17, 15) is 18.0 Å². The maximum Gasteiger partial charge on any atom is 0.420 e. The molecule has 2 rings (SSSR count). The summed E-state index contributed by atoms with van der Waals surface area (Å²) in [5.74, 6) is -0.654. The summed E-state index contributed by atoms with van der Waals surface area (Å²) in [4.78, 5) is 11.1. The maximum absolute atomic E-state index is 12.6. The van der Waals surface area contributed by atoms with Crippen LogP contribution in [0.5, 0.6) is 5.75 Å². The van der Waals surface area contributed by atoms with E-state index in [-0.39, 0.29) is 30.4 Å². The molecular weight excluding hydrogens is 223 g/mol. The van der Waals surface area contributed by atoms with Gasteiger partial charge in [-0.1, -0.05) is 6.07 Å². The number of ether oxygens (including phenoxy) is 1. The van der Waals surface area contributed by atoms with Crippen molar-refractivity contribution in [2.75, 3.05) is 11.9 Å². The molecular formula is C10H8F3NO2. The van der Waals surface area contributed by atoms with Crippen LogP contribution < -0.4 is 10.1 Å². The smallest absolute Gasteiger partial charge is 0.420 e. The van der Waals surface area contributed by atoms with Crippen LogP contribution >= 0.6 is 0 Å². The summed E-state index contributed by atoms with van der Waals surface area (Å²) in [6.07, 6.45) is -4.44. The van der Waals surface area contributed by atoms with E-state index in [1.54, 1.807) is 0 Å². The summed E-state index contributed by atoms with van der Waals surface area (Å²) >= 11 is 0. The molecule has 6 heteroatoms. The molecule has 0 spiro atoms. The molecule has 1 N–H and O–H groups in total. The molecule has 0 unspecified atom stereocenters. The van der Waals surface area contributed by atoms with Crippen LogP contribution in [0.4, 0.5) is 18.9 Å². The summed E-state index contributed by atoms with van der Waals surface area (Å²) in [7, 11) is 0. The molecule has 16 heavy (non-hydrogen) atoms. The van der Waals surface area contributed by atoms with Crippen LogP contribution in [-0.2, 0) is 11.0 Å². The molecule has 1 aromatic carbocycles. The van der Waals surface area contributed by atoms with E-state index in [1.807, 2.05) is 0 Å². The molecule has 0 radical (unpaired) electrons. The summed E-state index contributed by atoms with van der Waals surface area (Å²) < 4.78 is 42.8. The van der Waals surface area contributed by atoms with Gasteiger partial charge in [0.1, 0.15) is 0 Å². The Morgan fingerprint density at radius 2 is 2.06 bits per heavy atom. The molecule has 0 saturated heterocycles. The number of halogens is 3. The minimum Gasteiger partial charge on any atom is -0.490 e. The third kappa shape index (κ3) is 1.95. The van der Waals surface area contributed by atoms with E-state index in [0.29, 0.717) is 0 Å². The van der Waals surface area contributed by atoms with E-state index in [2.05, 4.69) is 5.32 Å². The fourth-order valence-corrected chi connectivity index (χ4v) is 1.47. The highest BCUT2D eigenvalue weighted by Crippen LogP contribution is 2.41. The largest absolute Gasteiger partial charge is 0.490 e. The van der Waals surface area contributed by atoms with Crippen LogP contribution in [0.1, 0.15) is 12.0 Å². The second-order valence-corrected chi connectivity index (χ2v) is 3.33. The van der Waals surface area contributed by atoms with E-state index in [1.165, 1.54) is 12.1 Å². The van der Waals surface area contributed by atoms with E-state index in [4.69, 9.17) is 4.74 Å². The van der Waals surface area contributed by atoms with Crippen LogP contribution in [0.25, 0.3) is 0 Å². The number of carbonyl (C=O) groups is 1. The topological polar surface area (TPSA) is 38.3 Å². The third-order valence-electron chi connectivity index (χ3n) is 2.17. The number of amides is 1. The highest BCUT2D eigenvalue weighted by molar-refractivity contribution is 5.93. The zero-order chi connectivity index (χ0) is 11.8. The zero-order valence-corrected chi connectivity index (χ0v) is 8.10. The van der Waals surface area contributed by atoms with Crippen molar-refractivity contribution in [1.29, 1.82) is 0 Å². The average molecular weight is 231 g/mol. The SMILES string of the molecule is O=C1CCOc2c(cccc2C(F)(F)F)N1. The first-order valence-electron chi connectivity index (χ1n) is 4.61. The molecule has 0 atom stereocenters.